The number of hydrogen-bond donors (Lipinski definition) is 1. The molecule has 0 aromatic heterocycles. The number of rotatable bonds is 5. The average molecular weight is 714 g/mol. The van der Waals surface area contributed by atoms with Gasteiger partial charge in [0.1, 0.15) is 5.75 Å². The van der Waals surface area contributed by atoms with E-state index < -0.39 is 35.0 Å². The van der Waals surface area contributed by atoms with E-state index in [-0.39, 0.29) is 35.8 Å². The molecule has 1 saturated carbocycles. The lowest BCUT2D eigenvalue weighted by Crippen LogP contribution is -2.53. The fourth-order valence-electron chi connectivity index (χ4n) is 9.67. The van der Waals surface area contributed by atoms with Crippen LogP contribution in [0.2, 0.25) is 5.02 Å². The molecule has 4 amide bonds. The number of phenolic OH excluding ortho intramolecular Hbond substituents is 1. The number of benzene rings is 4. The van der Waals surface area contributed by atoms with Gasteiger partial charge in [0.25, 0.3) is 0 Å². The largest absolute Gasteiger partial charge is 0.508 e. The molecule has 2 aliphatic carbocycles. The molecule has 9 rings (SSSR count). The Morgan fingerprint density at radius 2 is 1.42 bits per heavy atom. The first-order valence-electron chi connectivity index (χ1n) is 17.8. The number of morpholine rings is 1. The van der Waals surface area contributed by atoms with Crippen molar-refractivity contribution in [3.05, 3.63) is 131 Å². The van der Waals surface area contributed by atoms with Crippen LogP contribution in [0.15, 0.2) is 115 Å². The first-order valence-corrected chi connectivity index (χ1v) is 18.2. The molecule has 4 fully saturated rings. The summed E-state index contributed by atoms with van der Waals surface area (Å²) >= 11 is 6.40. The highest BCUT2D eigenvalue weighted by Gasteiger charge is 2.70. The quantitative estimate of drug-likeness (QED) is 0.193. The summed E-state index contributed by atoms with van der Waals surface area (Å²) in [6.07, 6.45) is 2.58. The van der Waals surface area contributed by atoms with Crippen molar-refractivity contribution in [3.8, 4) is 5.75 Å². The van der Waals surface area contributed by atoms with Crippen LogP contribution in [0.25, 0.3) is 0 Å². The Bertz CT molecular complexity index is 2130. The van der Waals surface area contributed by atoms with Crippen molar-refractivity contribution < 1.29 is 29.0 Å². The number of halogens is 1. The van der Waals surface area contributed by atoms with Crippen molar-refractivity contribution in [2.24, 2.45) is 23.7 Å². The van der Waals surface area contributed by atoms with E-state index in [2.05, 4.69) is 4.90 Å². The van der Waals surface area contributed by atoms with Gasteiger partial charge in [-0.2, -0.15) is 0 Å². The van der Waals surface area contributed by atoms with Crippen LogP contribution in [0.1, 0.15) is 29.9 Å². The number of hydrogen-bond acceptors (Lipinski definition) is 7. The Kier molecular flexibility index (Phi) is 7.82. The van der Waals surface area contributed by atoms with Gasteiger partial charge in [-0.15, -0.1) is 0 Å². The number of allylic oxidation sites excluding steroid dienone is 2. The molecule has 0 radical (unpaired) electrons. The Hall–Kier alpha value is -5.25. The van der Waals surface area contributed by atoms with Crippen LogP contribution in [0.5, 0.6) is 5.75 Å². The molecular formula is C42H36ClN3O6. The molecule has 5 aliphatic rings. The van der Waals surface area contributed by atoms with Gasteiger partial charge in [0.2, 0.25) is 23.6 Å². The van der Waals surface area contributed by atoms with E-state index in [1.165, 1.54) is 9.80 Å². The zero-order valence-corrected chi connectivity index (χ0v) is 29.0. The normalized spacial score (nSPS) is 28.4. The number of aromatic hydroxyl groups is 1. The fourth-order valence-corrected chi connectivity index (χ4v) is 9.86. The molecule has 6 unspecified atom stereocenters. The Labute approximate surface area is 306 Å². The second kappa shape index (κ2) is 12.5. The molecule has 3 heterocycles. The van der Waals surface area contributed by atoms with Gasteiger partial charge in [0.05, 0.1) is 47.8 Å². The maximum atomic E-state index is 15.3. The minimum absolute atomic E-state index is 0.0698. The summed E-state index contributed by atoms with van der Waals surface area (Å²) < 4.78 is 5.49. The average Bonchev–Trinajstić information content (AvgIpc) is 3.56. The zero-order valence-electron chi connectivity index (χ0n) is 28.2. The van der Waals surface area contributed by atoms with E-state index in [4.69, 9.17) is 16.3 Å². The minimum Gasteiger partial charge on any atom is -0.508 e. The molecule has 10 heteroatoms. The first-order chi connectivity index (χ1) is 25.3. The lowest BCUT2D eigenvalue weighted by molar-refractivity contribution is -0.127. The molecule has 262 valence electrons. The number of carbonyl (C=O) groups is 4. The molecular weight excluding hydrogens is 678 g/mol. The number of phenols is 1. The van der Waals surface area contributed by atoms with E-state index in [1.807, 2.05) is 60.7 Å². The van der Waals surface area contributed by atoms with Crippen LogP contribution in [-0.4, -0.2) is 55.0 Å². The van der Waals surface area contributed by atoms with Gasteiger partial charge in [-0.25, -0.2) is 4.90 Å². The molecule has 1 N–H and O–H groups in total. The van der Waals surface area contributed by atoms with Gasteiger partial charge in [-0.1, -0.05) is 71.8 Å². The van der Waals surface area contributed by atoms with Crippen molar-refractivity contribution in [3.63, 3.8) is 0 Å². The third kappa shape index (κ3) is 4.79. The molecule has 3 aliphatic heterocycles. The van der Waals surface area contributed by atoms with Crippen molar-refractivity contribution in [2.75, 3.05) is 41.0 Å². The molecule has 0 spiro atoms. The van der Waals surface area contributed by atoms with Crippen molar-refractivity contribution >= 4 is 52.3 Å². The van der Waals surface area contributed by atoms with Crippen LogP contribution in [-0.2, 0) is 29.3 Å². The number of nitrogens with zero attached hydrogens (tertiary/aromatic N) is 3. The lowest BCUT2D eigenvalue weighted by Gasteiger charge is -2.50. The Balaban J connectivity index is 1.17. The molecule has 4 aromatic carbocycles. The van der Waals surface area contributed by atoms with Crippen molar-refractivity contribution in [2.45, 2.75) is 24.2 Å². The summed E-state index contributed by atoms with van der Waals surface area (Å²) in [4.78, 5) is 63.7. The summed E-state index contributed by atoms with van der Waals surface area (Å²) in [6.45, 7) is 2.83. The SMILES string of the molecule is O=C1C2CC=C3C(CC4C(=O)N(c5cccc(Cl)c5)C(=O)C4(c4ccccc4)C3c3ccc(O)cc3)C2C(=O)N1c1ccc(N2CCOCC2)cc1. The lowest BCUT2D eigenvalue weighted by atomic mass is 9.49. The molecule has 9 nitrogen and oxygen atoms in total. The minimum atomic E-state index is -1.37. The monoisotopic (exact) mass is 713 g/mol. The first kappa shape index (κ1) is 32.6. The number of imide groups is 2. The third-order valence-corrected chi connectivity index (χ3v) is 12.1. The van der Waals surface area contributed by atoms with Gasteiger partial charge < -0.3 is 14.7 Å². The van der Waals surface area contributed by atoms with Gasteiger partial charge in [0.15, 0.2) is 0 Å². The summed E-state index contributed by atoms with van der Waals surface area (Å²) in [5, 5.41) is 10.7. The molecule has 6 atom stereocenters. The summed E-state index contributed by atoms with van der Waals surface area (Å²) in [7, 11) is 0. The van der Waals surface area contributed by atoms with E-state index in [0.717, 1.165) is 29.9 Å². The third-order valence-electron chi connectivity index (χ3n) is 11.9. The molecule has 3 saturated heterocycles. The maximum absolute atomic E-state index is 15.3. The summed E-state index contributed by atoms with van der Waals surface area (Å²) in [6, 6.07) is 30.4. The van der Waals surface area contributed by atoms with Crippen molar-refractivity contribution in [1.29, 1.82) is 0 Å². The smallest absolute Gasteiger partial charge is 0.246 e. The Morgan fingerprint density at radius 1 is 0.712 bits per heavy atom. The number of fused-ring (bicyclic) bond motifs is 4. The van der Waals surface area contributed by atoms with Crippen LogP contribution in [0.4, 0.5) is 17.1 Å². The highest BCUT2D eigenvalue weighted by Crippen LogP contribution is 2.64. The predicted molar refractivity (Wildman–Crippen MR) is 196 cm³/mol. The van der Waals surface area contributed by atoms with Crippen LogP contribution < -0.4 is 14.7 Å². The highest BCUT2D eigenvalue weighted by molar-refractivity contribution is 6.32. The standard InChI is InChI=1S/C42H36ClN3O6/c43-27-7-4-8-30(23-27)46-39(49)35-24-34-32(37(25-9-15-31(47)16-10-25)42(35,41(46)51)26-5-2-1-3-6-26)17-18-33-36(34)40(50)45(38(33)48)29-13-11-28(12-14-29)44-19-21-52-22-20-44/h1-17,23,33-37,47H,18-22,24H2. The summed E-state index contributed by atoms with van der Waals surface area (Å²) in [5.41, 5.74) is 2.83. The van der Waals surface area contributed by atoms with Gasteiger partial charge in [-0.05, 0) is 84.5 Å². The van der Waals surface area contributed by atoms with Gasteiger partial charge in [0, 0.05) is 29.7 Å². The van der Waals surface area contributed by atoms with Crippen LogP contribution >= 0.6 is 11.6 Å². The summed E-state index contributed by atoms with van der Waals surface area (Å²) in [5.74, 6) is -4.50. The molecule has 4 aromatic rings. The second-order valence-corrected chi connectivity index (χ2v) is 14.7. The van der Waals surface area contributed by atoms with Crippen LogP contribution in [0.3, 0.4) is 0 Å². The van der Waals surface area contributed by atoms with Gasteiger partial charge in [-0.3, -0.25) is 24.1 Å². The second-order valence-electron chi connectivity index (χ2n) is 14.3. The zero-order chi connectivity index (χ0) is 35.7. The number of ether oxygens (including phenoxy) is 1. The number of anilines is 3. The van der Waals surface area contributed by atoms with E-state index in [9.17, 15) is 19.5 Å². The number of amides is 4. The van der Waals surface area contributed by atoms with Crippen LogP contribution in [0, 0.1) is 23.7 Å². The Morgan fingerprint density at radius 3 is 2.13 bits per heavy atom. The van der Waals surface area contributed by atoms with E-state index >= 15 is 4.79 Å². The maximum Gasteiger partial charge on any atom is 0.246 e. The topological polar surface area (TPSA) is 107 Å². The molecule has 52 heavy (non-hydrogen) atoms. The van der Waals surface area contributed by atoms with Gasteiger partial charge >= 0.3 is 0 Å². The van der Waals surface area contributed by atoms with Crippen molar-refractivity contribution in [1.82, 2.24) is 0 Å². The predicted octanol–water partition coefficient (Wildman–Crippen LogP) is 6.25. The highest BCUT2D eigenvalue weighted by atomic mass is 35.5. The fraction of sp³-hybridized carbons (Fsp3) is 0.286. The van der Waals surface area contributed by atoms with E-state index in [0.29, 0.717) is 41.6 Å². The molecule has 0 bridgehead atoms. The number of carbonyl (C=O) groups excluding carboxylic acids is 4. The van der Waals surface area contributed by atoms with E-state index in [1.54, 1.807) is 48.5 Å².